The normalized spacial score (nSPS) is 11.5. The Morgan fingerprint density at radius 3 is 1.93 bits per heavy atom. The molecule has 10 heteroatoms. The van der Waals surface area contributed by atoms with Gasteiger partial charge < -0.3 is 15.4 Å². The molecular weight excluding hydrogens is 532 g/mol. The van der Waals surface area contributed by atoms with Gasteiger partial charge >= 0.3 is 5.97 Å². The number of carbonyl (C=O) groups excluding carboxylic acids is 3. The van der Waals surface area contributed by atoms with Gasteiger partial charge in [-0.25, -0.2) is 0 Å². The number of amides is 2. The maximum atomic E-state index is 12.8. The van der Waals surface area contributed by atoms with Crippen LogP contribution in [0.15, 0.2) is 97.5 Å². The summed E-state index contributed by atoms with van der Waals surface area (Å²) in [5, 5.41) is 5.22. The third kappa shape index (κ3) is 10.2. The first-order chi connectivity index (χ1) is 20.4. The monoisotopic (exact) mass is 566 g/mol. The lowest BCUT2D eigenvalue weighted by Crippen LogP contribution is -2.48. The number of nitrogens with zero attached hydrogens (tertiary/aromatic N) is 4. The minimum atomic E-state index is -0.873. The van der Waals surface area contributed by atoms with Crippen molar-refractivity contribution in [2.45, 2.75) is 45.6 Å². The van der Waals surface area contributed by atoms with Crippen molar-refractivity contribution in [3.8, 4) is 0 Å². The van der Waals surface area contributed by atoms with Crippen LogP contribution in [-0.4, -0.2) is 50.2 Å². The smallest absolute Gasteiger partial charge is 0.325 e. The van der Waals surface area contributed by atoms with E-state index in [9.17, 15) is 14.4 Å². The number of aromatic nitrogens is 3. The van der Waals surface area contributed by atoms with Crippen molar-refractivity contribution in [3.05, 3.63) is 126 Å². The Labute approximate surface area is 245 Å². The standard InChI is InChI=1S/C32H34N6O4/c1-24(39)37-30(32(41)36-19-31(40)42-23-25-9-3-2-4-10-25)17-26-13-14-29(35-18-26)22-38(20-27-11-5-7-15-33-27)21-28-12-6-8-16-34-28/h2-16,18,30H,17,19-23H2,1H3,(H,36,41)(H,37,39). The molecule has 10 nitrogen and oxygen atoms in total. The van der Waals surface area contributed by atoms with Gasteiger partial charge in [-0.1, -0.05) is 48.5 Å². The predicted octanol–water partition coefficient (Wildman–Crippen LogP) is 2.98. The zero-order chi connectivity index (χ0) is 29.6. The Balaban J connectivity index is 1.34. The van der Waals surface area contributed by atoms with Crippen LogP contribution < -0.4 is 10.6 Å². The average Bonchev–Trinajstić information content (AvgIpc) is 3.00. The molecule has 216 valence electrons. The molecule has 4 rings (SSSR count). The quantitative estimate of drug-likeness (QED) is 0.223. The number of esters is 1. The average molecular weight is 567 g/mol. The van der Waals surface area contributed by atoms with Gasteiger partial charge in [-0.05, 0) is 41.5 Å². The van der Waals surface area contributed by atoms with Crippen LogP contribution in [0.3, 0.4) is 0 Å². The second kappa shape index (κ2) is 15.7. The molecule has 0 spiro atoms. The van der Waals surface area contributed by atoms with Gasteiger partial charge in [0.1, 0.15) is 19.2 Å². The Bertz CT molecular complexity index is 1380. The van der Waals surface area contributed by atoms with Crippen molar-refractivity contribution in [3.63, 3.8) is 0 Å². The highest BCUT2D eigenvalue weighted by Crippen LogP contribution is 2.12. The molecule has 3 aromatic heterocycles. The van der Waals surface area contributed by atoms with E-state index in [-0.39, 0.29) is 25.5 Å². The maximum absolute atomic E-state index is 12.8. The summed E-state index contributed by atoms with van der Waals surface area (Å²) in [6.45, 7) is 2.96. The number of hydrogen-bond acceptors (Lipinski definition) is 8. The molecule has 0 bridgehead atoms. The van der Waals surface area contributed by atoms with Crippen LogP contribution in [-0.2, 0) is 51.8 Å². The fraction of sp³-hybridized carbons (Fsp3) is 0.250. The maximum Gasteiger partial charge on any atom is 0.325 e. The third-order valence-corrected chi connectivity index (χ3v) is 6.28. The van der Waals surface area contributed by atoms with Gasteiger partial charge in [0.2, 0.25) is 11.8 Å². The van der Waals surface area contributed by atoms with Crippen LogP contribution in [0.2, 0.25) is 0 Å². The number of carbonyl (C=O) groups is 3. The van der Waals surface area contributed by atoms with Crippen LogP contribution in [0.1, 0.15) is 35.1 Å². The van der Waals surface area contributed by atoms with Crippen LogP contribution in [0.4, 0.5) is 0 Å². The van der Waals surface area contributed by atoms with Crippen LogP contribution in [0.5, 0.6) is 0 Å². The van der Waals surface area contributed by atoms with Crippen molar-refractivity contribution >= 4 is 17.8 Å². The largest absolute Gasteiger partial charge is 0.460 e. The molecule has 0 aliphatic heterocycles. The summed E-state index contributed by atoms with van der Waals surface area (Å²) in [6.07, 6.45) is 5.46. The van der Waals surface area contributed by atoms with Crippen LogP contribution >= 0.6 is 0 Å². The number of nitrogens with one attached hydrogen (secondary N) is 2. The molecule has 42 heavy (non-hydrogen) atoms. The summed E-state index contributed by atoms with van der Waals surface area (Å²) >= 11 is 0. The molecule has 2 amide bonds. The van der Waals surface area contributed by atoms with Gasteiger partial charge in [0.05, 0.1) is 17.1 Å². The first-order valence-corrected chi connectivity index (χ1v) is 13.6. The van der Waals surface area contributed by atoms with E-state index in [4.69, 9.17) is 4.74 Å². The van der Waals surface area contributed by atoms with Gasteiger partial charge in [0, 0.05) is 51.6 Å². The van der Waals surface area contributed by atoms with E-state index in [2.05, 4.69) is 30.5 Å². The summed E-state index contributed by atoms with van der Waals surface area (Å²) in [5.74, 6) is -1.41. The van der Waals surface area contributed by atoms with Crippen molar-refractivity contribution in [1.29, 1.82) is 0 Å². The Hall–Kier alpha value is -4.96. The molecule has 0 fully saturated rings. The topological polar surface area (TPSA) is 126 Å². The Morgan fingerprint density at radius 2 is 1.38 bits per heavy atom. The fourth-order valence-corrected chi connectivity index (χ4v) is 4.27. The number of hydrogen-bond donors (Lipinski definition) is 2. The first-order valence-electron chi connectivity index (χ1n) is 13.6. The van der Waals surface area contributed by atoms with Gasteiger partial charge in [0.15, 0.2) is 0 Å². The van der Waals surface area contributed by atoms with Crippen molar-refractivity contribution < 1.29 is 19.1 Å². The van der Waals surface area contributed by atoms with E-state index in [1.165, 1.54) is 6.92 Å². The molecule has 4 aromatic rings. The van der Waals surface area contributed by atoms with E-state index < -0.39 is 17.9 Å². The predicted molar refractivity (Wildman–Crippen MR) is 156 cm³/mol. The molecule has 0 radical (unpaired) electrons. The van der Waals surface area contributed by atoms with E-state index in [1.54, 1.807) is 18.6 Å². The number of ether oxygens (including phenoxy) is 1. The fourth-order valence-electron chi connectivity index (χ4n) is 4.27. The van der Waals surface area contributed by atoms with E-state index in [0.29, 0.717) is 19.6 Å². The lowest BCUT2D eigenvalue weighted by atomic mass is 10.1. The van der Waals surface area contributed by atoms with Crippen molar-refractivity contribution in [2.75, 3.05) is 6.54 Å². The second-order valence-corrected chi connectivity index (χ2v) is 9.77. The summed E-state index contributed by atoms with van der Waals surface area (Å²) in [5.41, 5.74) is 4.34. The summed E-state index contributed by atoms with van der Waals surface area (Å²) in [6, 6.07) is 23.9. The molecular formula is C32H34N6O4. The molecule has 0 saturated carbocycles. The van der Waals surface area contributed by atoms with Crippen LogP contribution in [0.25, 0.3) is 0 Å². The highest BCUT2D eigenvalue weighted by Gasteiger charge is 2.21. The molecule has 3 heterocycles. The van der Waals surface area contributed by atoms with Crippen molar-refractivity contribution in [1.82, 2.24) is 30.5 Å². The van der Waals surface area contributed by atoms with E-state index >= 15 is 0 Å². The highest BCUT2D eigenvalue weighted by atomic mass is 16.5. The van der Waals surface area contributed by atoms with Gasteiger partial charge in [0.25, 0.3) is 0 Å². The van der Waals surface area contributed by atoms with Gasteiger partial charge in [-0.2, -0.15) is 0 Å². The molecule has 2 N–H and O–H groups in total. The molecule has 1 aromatic carbocycles. The minimum Gasteiger partial charge on any atom is -0.460 e. The number of rotatable bonds is 14. The van der Waals surface area contributed by atoms with Crippen molar-refractivity contribution in [2.24, 2.45) is 0 Å². The summed E-state index contributed by atoms with van der Waals surface area (Å²) in [7, 11) is 0. The zero-order valence-corrected chi connectivity index (χ0v) is 23.5. The summed E-state index contributed by atoms with van der Waals surface area (Å²) in [4.78, 5) is 52.5. The molecule has 0 aliphatic carbocycles. The lowest BCUT2D eigenvalue weighted by molar-refractivity contribution is -0.145. The number of benzene rings is 1. The Kier molecular flexibility index (Phi) is 11.2. The number of pyridine rings is 3. The molecule has 0 aliphatic rings. The zero-order valence-electron chi connectivity index (χ0n) is 23.5. The highest BCUT2D eigenvalue weighted by molar-refractivity contribution is 5.89. The molecule has 0 saturated heterocycles. The van der Waals surface area contributed by atoms with E-state index in [1.807, 2.05) is 78.9 Å². The SMILES string of the molecule is CC(=O)NC(Cc1ccc(CN(Cc2ccccn2)Cc2ccccn2)nc1)C(=O)NCC(=O)OCc1ccccc1. The third-order valence-electron chi connectivity index (χ3n) is 6.28. The first kappa shape index (κ1) is 30.0. The Morgan fingerprint density at radius 1 is 0.762 bits per heavy atom. The van der Waals surface area contributed by atoms with Crippen LogP contribution in [0, 0.1) is 0 Å². The van der Waals surface area contributed by atoms with E-state index in [0.717, 1.165) is 28.2 Å². The van der Waals surface area contributed by atoms with Gasteiger partial charge in [-0.3, -0.25) is 34.2 Å². The summed E-state index contributed by atoms with van der Waals surface area (Å²) < 4.78 is 5.21. The van der Waals surface area contributed by atoms with Gasteiger partial charge in [-0.15, -0.1) is 0 Å². The molecule has 1 unspecified atom stereocenters. The second-order valence-electron chi connectivity index (χ2n) is 9.77. The minimum absolute atomic E-state index is 0.115. The molecule has 1 atom stereocenters. The lowest BCUT2D eigenvalue weighted by Gasteiger charge is -2.21.